The van der Waals surface area contributed by atoms with Gasteiger partial charge in [0.1, 0.15) is 0 Å². The smallest absolute Gasteiger partial charge is 0.381 e. The molecule has 1 spiro atoms. The molecule has 2 nitrogen and oxygen atoms in total. The molecule has 3 rings (SSSR count). The minimum absolute atomic E-state index is 0.0534. The Balaban J connectivity index is 1.85. The van der Waals surface area contributed by atoms with E-state index in [-0.39, 0.29) is 17.5 Å². The fourth-order valence-corrected chi connectivity index (χ4v) is 3.68. The molecule has 0 heterocycles. The lowest BCUT2D eigenvalue weighted by atomic mass is 9.70. The Hall–Kier alpha value is -1.80. The van der Waals surface area contributed by atoms with E-state index >= 15 is 0 Å². The first-order valence-electron chi connectivity index (χ1n) is 7.63. The maximum absolute atomic E-state index is 12.8. The van der Waals surface area contributed by atoms with Crippen molar-refractivity contribution >= 4 is 5.78 Å². The van der Waals surface area contributed by atoms with Crippen LogP contribution in [0.4, 0.5) is 13.2 Å². The molecule has 2 aliphatic rings. The van der Waals surface area contributed by atoms with Gasteiger partial charge in [-0.3, -0.25) is 4.79 Å². The minimum atomic E-state index is -4.53. The fourth-order valence-electron chi connectivity index (χ4n) is 3.68. The van der Waals surface area contributed by atoms with Crippen LogP contribution in [0, 0.1) is 17.3 Å². The Bertz CT molecular complexity index is 686. The van der Waals surface area contributed by atoms with Crippen LogP contribution in [-0.4, -0.2) is 25.2 Å². The molecule has 23 heavy (non-hydrogen) atoms. The lowest BCUT2D eigenvalue weighted by Gasteiger charge is -2.35. The van der Waals surface area contributed by atoms with Crippen LogP contribution in [0.1, 0.15) is 47.2 Å². The van der Waals surface area contributed by atoms with Gasteiger partial charge in [-0.2, -0.15) is 13.2 Å². The van der Waals surface area contributed by atoms with E-state index in [1.54, 1.807) is 19.2 Å². The summed E-state index contributed by atoms with van der Waals surface area (Å²) < 4.78 is 41.9. The summed E-state index contributed by atoms with van der Waals surface area (Å²) in [4.78, 5) is 12.8. The van der Waals surface area contributed by atoms with Crippen molar-refractivity contribution in [2.75, 3.05) is 7.11 Å². The van der Waals surface area contributed by atoms with E-state index in [2.05, 4.69) is 5.92 Å². The van der Waals surface area contributed by atoms with Crippen molar-refractivity contribution in [2.45, 2.75) is 44.4 Å². The normalized spacial score (nSPS) is 26.8. The van der Waals surface area contributed by atoms with E-state index in [1.807, 2.05) is 0 Å². The molecule has 1 aromatic carbocycles. The number of rotatable bonds is 1. The molecule has 0 N–H and O–H groups in total. The number of ether oxygens (including phenoxy) is 1. The van der Waals surface area contributed by atoms with Gasteiger partial charge in [-0.1, -0.05) is 12.0 Å². The second-order valence-corrected chi connectivity index (χ2v) is 6.34. The maximum Gasteiger partial charge on any atom is 0.458 e. The molecule has 0 radical (unpaired) electrons. The van der Waals surface area contributed by atoms with E-state index in [0.29, 0.717) is 12.0 Å². The maximum atomic E-state index is 12.8. The molecule has 0 aromatic heterocycles. The van der Waals surface area contributed by atoms with Gasteiger partial charge in [0.25, 0.3) is 0 Å². The zero-order valence-electron chi connectivity index (χ0n) is 12.8. The van der Waals surface area contributed by atoms with Crippen LogP contribution in [0.25, 0.3) is 0 Å². The Morgan fingerprint density at radius 1 is 1.26 bits per heavy atom. The van der Waals surface area contributed by atoms with Crippen molar-refractivity contribution in [1.82, 2.24) is 0 Å². The van der Waals surface area contributed by atoms with E-state index in [1.165, 1.54) is 12.0 Å². The number of alkyl halides is 3. The highest BCUT2D eigenvalue weighted by molar-refractivity contribution is 6.05. The van der Waals surface area contributed by atoms with Crippen LogP contribution in [0.5, 0.6) is 0 Å². The Labute approximate surface area is 133 Å². The van der Waals surface area contributed by atoms with Gasteiger partial charge in [0.15, 0.2) is 5.78 Å². The third-order valence-corrected chi connectivity index (χ3v) is 4.94. The fraction of sp³-hybridized carbons (Fsp3) is 0.500. The summed E-state index contributed by atoms with van der Waals surface area (Å²) >= 11 is 0. The number of fused-ring (bicyclic) bond motifs is 1. The van der Waals surface area contributed by atoms with Crippen molar-refractivity contribution in [3.8, 4) is 11.8 Å². The van der Waals surface area contributed by atoms with Crippen molar-refractivity contribution in [3.05, 3.63) is 34.9 Å². The first-order chi connectivity index (χ1) is 10.8. The topological polar surface area (TPSA) is 26.3 Å². The number of methoxy groups -OCH3 is 1. The van der Waals surface area contributed by atoms with E-state index in [9.17, 15) is 18.0 Å². The number of benzene rings is 1. The molecule has 0 aliphatic heterocycles. The summed E-state index contributed by atoms with van der Waals surface area (Å²) in [5, 5.41) is 0. The van der Waals surface area contributed by atoms with Crippen molar-refractivity contribution in [2.24, 2.45) is 5.41 Å². The number of ketones is 1. The van der Waals surface area contributed by atoms with E-state index in [4.69, 9.17) is 4.74 Å². The summed E-state index contributed by atoms with van der Waals surface area (Å²) in [6.07, 6.45) is -0.433. The van der Waals surface area contributed by atoms with Crippen LogP contribution >= 0.6 is 0 Å². The van der Waals surface area contributed by atoms with Gasteiger partial charge in [-0.05, 0) is 49.8 Å². The SMILES string of the molecule is COC1CCC2(CC1)Cc1ccc(C#CC(F)(F)F)cc1C2=O. The highest BCUT2D eigenvalue weighted by atomic mass is 19.4. The zero-order valence-corrected chi connectivity index (χ0v) is 12.8. The molecular weight excluding hydrogens is 305 g/mol. The number of Topliss-reactive ketones (excluding diaryl/α,β-unsaturated/α-hetero) is 1. The Morgan fingerprint density at radius 2 is 1.96 bits per heavy atom. The lowest BCUT2D eigenvalue weighted by Crippen LogP contribution is -2.35. The molecule has 5 heteroatoms. The lowest BCUT2D eigenvalue weighted by molar-refractivity contribution is -0.0696. The molecule has 1 saturated carbocycles. The van der Waals surface area contributed by atoms with Crippen molar-refractivity contribution in [1.29, 1.82) is 0 Å². The summed E-state index contributed by atoms with van der Waals surface area (Å²) in [6.45, 7) is 0. The molecule has 122 valence electrons. The minimum Gasteiger partial charge on any atom is -0.381 e. The van der Waals surface area contributed by atoms with Gasteiger partial charge in [0, 0.05) is 29.6 Å². The van der Waals surface area contributed by atoms with Crippen LogP contribution < -0.4 is 0 Å². The average molecular weight is 322 g/mol. The molecular formula is C18H17F3O2. The number of hydrogen-bond acceptors (Lipinski definition) is 2. The van der Waals surface area contributed by atoms with Crippen LogP contribution in [0.15, 0.2) is 18.2 Å². The molecule has 0 atom stereocenters. The monoisotopic (exact) mass is 322 g/mol. The molecule has 0 saturated heterocycles. The average Bonchev–Trinajstić information content (AvgIpc) is 2.78. The third kappa shape index (κ3) is 3.13. The second kappa shape index (κ2) is 5.68. The van der Waals surface area contributed by atoms with Gasteiger partial charge in [0.2, 0.25) is 0 Å². The first-order valence-corrected chi connectivity index (χ1v) is 7.63. The van der Waals surface area contributed by atoms with Crippen molar-refractivity contribution < 1.29 is 22.7 Å². The Kier molecular flexibility index (Phi) is 3.97. The molecule has 1 fully saturated rings. The predicted molar refractivity (Wildman–Crippen MR) is 79.1 cm³/mol. The number of carbonyl (C=O) groups is 1. The summed E-state index contributed by atoms with van der Waals surface area (Å²) in [7, 11) is 1.68. The van der Waals surface area contributed by atoms with Gasteiger partial charge >= 0.3 is 6.18 Å². The second-order valence-electron chi connectivity index (χ2n) is 6.34. The number of carbonyl (C=O) groups excluding carboxylic acids is 1. The van der Waals surface area contributed by atoms with Crippen LogP contribution in [0.3, 0.4) is 0 Å². The summed E-state index contributed by atoms with van der Waals surface area (Å²) in [5.41, 5.74) is 1.29. The van der Waals surface area contributed by atoms with E-state index < -0.39 is 11.6 Å². The van der Waals surface area contributed by atoms with Gasteiger partial charge in [0.05, 0.1) is 6.10 Å². The molecule has 0 amide bonds. The number of halogens is 3. The zero-order chi connectivity index (χ0) is 16.7. The standard InChI is InChI=1S/C18H17F3O2/c1-23-14-5-7-17(8-6-14)11-13-3-2-12(4-9-18(19,20)21)10-15(13)16(17)22/h2-3,10,14H,5-8,11H2,1H3. The van der Waals surface area contributed by atoms with Crippen molar-refractivity contribution in [3.63, 3.8) is 0 Å². The highest BCUT2D eigenvalue weighted by Crippen LogP contribution is 2.47. The van der Waals surface area contributed by atoms with Gasteiger partial charge in [-0.25, -0.2) is 0 Å². The van der Waals surface area contributed by atoms with E-state index in [0.717, 1.165) is 31.2 Å². The first kappa shape index (κ1) is 16.1. The molecule has 1 aromatic rings. The molecule has 0 bridgehead atoms. The van der Waals surface area contributed by atoms with Gasteiger partial charge in [-0.15, -0.1) is 0 Å². The molecule has 2 aliphatic carbocycles. The van der Waals surface area contributed by atoms with Gasteiger partial charge < -0.3 is 4.74 Å². The van der Waals surface area contributed by atoms with Crippen LogP contribution in [-0.2, 0) is 11.2 Å². The Morgan fingerprint density at radius 3 is 2.57 bits per heavy atom. The predicted octanol–water partition coefficient (Wildman–Crippen LogP) is 3.91. The van der Waals surface area contributed by atoms with Crippen LogP contribution in [0.2, 0.25) is 0 Å². The third-order valence-electron chi connectivity index (χ3n) is 4.94. The molecule has 0 unspecified atom stereocenters. The summed E-state index contributed by atoms with van der Waals surface area (Å²) in [6, 6.07) is 4.81. The quantitative estimate of drug-likeness (QED) is 0.733. The summed E-state index contributed by atoms with van der Waals surface area (Å²) in [5.74, 6) is 3.40. The number of hydrogen-bond donors (Lipinski definition) is 0. The largest absolute Gasteiger partial charge is 0.458 e. The highest BCUT2D eigenvalue weighted by Gasteiger charge is 2.47.